The molecule has 0 bridgehead atoms. The molecule has 0 aliphatic heterocycles. The van der Waals surface area contributed by atoms with Crippen molar-refractivity contribution in [2.75, 3.05) is 0 Å². The van der Waals surface area contributed by atoms with Gasteiger partial charge in [-0.25, -0.2) is 0 Å². The number of hydrogen-bond acceptors (Lipinski definition) is 3. The molecule has 0 aliphatic carbocycles. The molecule has 0 amide bonds. The lowest BCUT2D eigenvalue weighted by molar-refractivity contribution is -0.384. The van der Waals surface area contributed by atoms with Crippen molar-refractivity contribution in [1.82, 2.24) is 0 Å². The summed E-state index contributed by atoms with van der Waals surface area (Å²) in [6.45, 7) is 13.5. The minimum atomic E-state index is -1.76. The van der Waals surface area contributed by atoms with E-state index < -0.39 is 13.0 Å². The van der Waals surface area contributed by atoms with Gasteiger partial charge >= 0.3 is 0 Å². The van der Waals surface area contributed by atoms with E-state index in [0.717, 1.165) is 0 Å². The van der Waals surface area contributed by atoms with Gasteiger partial charge in [-0.15, -0.1) is 0 Å². The average molecular weight is 334 g/mol. The molecule has 0 atom stereocenters. The van der Waals surface area contributed by atoms with Gasteiger partial charge in [0.2, 0.25) is 0 Å². The van der Waals surface area contributed by atoms with Crippen LogP contribution >= 0.6 is 0 Å². The lowest BCUT2D eigenvalue weighted by Crippen LogP contribution is -2.42. The van der Waals surface area contributed by atoms with E-state index in [1.807, 2.05) is 0 Å². The van der Waals surface area contributed by atoms with Gasteiger partial charge in [0.25, 0.3) is 5.69 Å². The molecule has 1 aromatic carbocycles. The van der Waals surface area contributed by atoms with Crippen LogP contribution in [-0.4, -0.2) is 18.8 Å². The summed E-state index contributed by atoms with van der Waals surface area (Å²) in [5.41, 5.74) is 4.30. The Hall–Kier alpha value is -1.75. The van der Waals surface area contributed by atoms with Crippen molar-refractivity contribution >= 4 is 19.5 Å². The molecule has 0 radical (unpaired) electrons. The Balaban J connectivity index is 3.09. The molecular weight excluding hydrogens is 306 g/mol. The number of hydrogen-bond donors (Lipinski definition) is 0. The fourth-order valence-corrected chi connectivity index (χ4v) is 9.24. The van der Waals surface area contributed by atoms with Crippen molar-refractivity contribution < 1.29 is 9.72 Å². The van der Waals surface area contributed by atoms with E-state index in [0.29, 0.717) is 22.2 Å². The van der Waals surface area contributed by atoms with E-state index in [4.69, 9.17) is 0 Å². The van der Waals surface area contributed by atoms with Crippen LogP contribution in [0.25, 0.3) is 0 Å². The van der Waals surface area contributed by atoms with E-state index in [2.05, 4.69) is 47.2 Å². The van der Waals surface area contributed by atoms with Crippen LogP contribution in [0.5, 0.6) is 0 Å². The van der Waals surface area contributed by atoms with Crippen molar-refractivity contribution in [2.45, 2.75) is 58.2 Å². The first-order valence-electron chi connectivity index (χ1n) is 8.11. The molecule has 0 aliphatic rings. The van der Waals surface area contributed by atoms with Gasteiger partial charge in [0.15, 0.2) is 5.78 Å². The van der Waals surface area contributed by atoms with Crippen LogP contribution in [-0.2, 0) is 0 Å². The van der Waals surface area contributed by atoms with Crippen molar-refractivity contribution in [1.29, 1.82) is 0 Å². The highest BCUT2D eigenvalue weighted by Gasteiger charge is 2.40. The quantitative estimate of drug-likeness (QED) is 0.216. The Morgan fingerprint density at radius 2 is 1.43 bits per heavy atom. The third-order valence-electron chi connectivity index (χ3n) is 4.89. The molecule has 0 saturated carbocycles. The van der Waals surface area contributed by atoms with Crippen LogP contribution in [0.1, 0.15) is 51.9 Å². The third kappa shape index (κ3) is 4.16. The van der Waals surface area contributed by atoms with Crippen molar-refractivity contribution in [3.63, 3.8) is 0 Å². The normalized spacial score (nSPS) is 12.6. The van der Waals surface area contributed by atoms with E-state index in [-0.39, 0.29) is 11.5 Å². The number of carbonyl (C=O) groups is 1. The minimum Gasteiger partial charge on any atom is -0.289 e. The van der Waals surface area contributed by atoms with Crippen molar-refractivity contribution in [2.24, 2.45) is 0 Å². The van der Waals surface area contributed by atoms with Gasteiger partial charge in [0.05, 0.1) is 13.0 Å². The standard InChI is InChI=1S/C18H27NO3Si/c1-13(2)23(14(3)4,15(5)6)12-11-18(20)16-7-9-17(10-8-16)19(21)22/h7-15H,1-6H3/b12-11-. The van der Waals surface area contributed by atoms with Gasteiger partial charge in [0, 0.05) is 17.7 Å². The highest BCUT2D eigenvalue weighted by atomic mass is 28.3. The molecule has 126 valence electrons. The number of nitro groups is 1. The van der Waals surface area contributed by atoms with Gasteiger partial charge in [0.1, 0.15) is 0 Å². The monoisotopic (exact) mass is 333 g/mol. The molecule has 0 saturated heterocycles. The van der Waals surface area contributed by atoms with E-state index in [9.17, 15) is 14.9 Å². The second-order valence-electron chi connectivity index (χ2n) is 6.97. The number of ketones is 1. The highest BCUT2D eigenvalue weighted by Crippen LogP contribution is 2.42. The molecule has 1 rings (SSSR count). The van der Waals surface area contributed by atoms with Gasteiger partial charge in [-0.1, -0.05) is 47.2 Å². The summed E-state index contributed by atoms with van der Waals surface area (Å²) < 4.78 is 0. The second kappa shape index (κ2) is 7.68. The predicted molar refractivity (Wildman–Crippen MR) is 97.6 cm³/mol. The van der Waals surface area contributed by atoms with Crippen molar-refractivity contribution in [3.05, 3.63) is 51.7 Å². The zero-order chi connectivity index (χ0) is 17.8. The van der Waals surface area contributed by atoms with Gasteiger partial charge in [-0.3, -0.25) is 14.9 Å². The highest BCUT2D eigenvalue weighted by molar-refractivity contribution is 6.88. The maximum atomic E-state index is 12.4. The Labute approximate surface area is 139 Å². The molecule has 0 heterocycles. The topological polar surface area (TPSA) is 60.2 Å². The molecule has 0 N–H and O–H groups in total. The summed E-state index contributed by atoms with van der Waals surface area (Å²) in [5, 5.41) is 10.7. The second-order valence-corrected chi connectivity index (χ2v) is 12.8. The summed E-state index contributed by atoms with van der Waals surface area (Å²) >= 11 is 0. The Bertz CT molecular complexity index is 567. The maximum absolute atomic E-state index is 12.4. The van der Waals surface area contributed by atoms with Crippen LogP contribution in [0.4, 0.5) is 5.69 Å². The average Bonchev–Trinajstić information content (AvgIpc) is 2.46. The Morgan fingerprint density at radius 3 is 1.78 bits per heavy atom. The number of nitrogens with zero attached hydrogens (tertiary/aromatic N) is 1. The SMILES string of the molecule is CC(C)[Si](/C=C\C(=O)c1ccc([N+](=O)[O-])cc1)(C(C)C)C(C)C. The molecule has 23 heavy (non-hydrogen) atoms. The number of nitro benzene ring substituents is 1. The number of benzene rings is 1. The molecule has 5 heteroatoms. The van der Waals surface area contributed by atoms with Crippen molar-refractivity contribution in [3.8, 4) is 0 Å². The number of rotatable bonds is 7. The molecule has 0 spiro atoms. The zero-order valence-electron chi connectivity index (χ0n) is 14.9. The molecule has 0 aromatic heterocycles. The van der Waals surface area contributed by atoms with Gasteiger partial charge in [-0.2, -0.15) is 0 Å². The predicted octanol–water partition coefficient (Wildman–Crippen LogP) is 5.55. The first kappa shape index (κ1) is 19.3. The fraction of sp³-hybridized carbons (Fsp3) is 0.500. The van der Waals surface area contributed by atoms with Gasteiger partial charge < -0.3 is 0 Å². The summed E-state index contributed by atoms with van der Waals surface area (Å²) in [6.07, 6.45) is 1.69. The lowest BCUT2D eigenvalue weighted by Gasteiger charge is -2.40. The maximum Gasteiger partial charge on any atom is 0.269 e. The molecule has 0 fully saturated rings. The zero-order valence-corrected chi connectivity index (χ0v) is 15.9. The summed E-state index contributed by atoms with van der Waals surface area (Å²) in [4.78, 5) is 22.6. The van der Waals surface area contributed by atoms with Crippen LogP contribution in [0.3, 0.4) is 0 Å². The van der Waals surface area contributed by atoms with Crippen LogP contribution in [0, 0.1) is 10.1 Å². The van der Waals surface area contributed by atoms with Crippen LogP contribution in [0.2, 0.25) is 16.6 Å². The van der Waals surface area contributed by atoms with Crippen LogP contribution in [0.15, 0.2) is 36.0 Å². The lowest BCUT2D eigenvalue weighted by atomic mass is 10.1. The summed E-state index contributed by atoms with van der Waals surface area (Å²) in [6, 6.07) is 5.79. The number of allylic oxidation sites excluding steroid dienone is 1. The van der Waals surface area contributed by atoms with Crippen LogP contribution < -0.4 is 0 Å². The Kier molecular flexibility index (Phi) is 6.44. The third-order valence-corrected chi connectivity index (χ3v) is 11.6. The number of carbonyl (C=O) groups excluding carboxylic acids is 1. The smallest absolute Gasteiger partial charge is 0.269 e. The van der Waals surface area contributed by atoms with E-state index >= 15 is 0 Å². The summed E-state index contributed by atoms with van der Waals surface area (Å²) in [5.74, 6) is -0.0845. The summed E-state index contributed by atoms with van der Waals surface area (Å²) in [7, 11) is -1.76. The van der Waals surface area contributed by atoms with Gasteiger partial charge in [-0.05, 0) is 34.8 Å². The first-order valence-corrected chi connectivity index (χ1v) is 10.4. The largest absolute Gasteiger partial charge is 0.289 e. The number of non-ortho nitro benzene ring substituents is 1. The molecular formula is C18H27NO3Si. The molecule has 4 nitrogen and oxygen atoms in total. The molecule has 1 aromatic rings. The Morgan fingerprint density at radius 1 is 1.00 bits per heavy atom. The fourth-order valence-electron chi connectivity index (χ4n) is 3.64. The minimum absolute atomic E-state index is 0.000734. The van der Waals surface area contributed by atoms with E-state index in [1.54, 1.807) is 6.08 Å². The first-order chi connectivity index (χ1) is 10.6. The van der Waals surface area contributed by atoms with E-state index in [1.165, 1.54) is 24.3 Å². The molecule has 0 unspecified atom stereocenters.